The second kappa shape index (κ2) is 8.09. The average Bonchev–Trinajstić information content (AvgIpc) is 2.96. The first-order valence-electron chi connectivity index (χ1n) is 8.39. The van der Waals surface area contributed by atoms with Gasteiger partial charge in [-0.05, 0) is 44.2 Å². The molecule has 2 heterocycles. The number of hydrogen-bond acceptors (Lipinski definition) is 4. The van der Waals surface area contributed by atoms with E-state index in [2.05, 4.69) is 10.3 Å². The van der Waals surface area contributed by atoms with E-state index in [-0.39, 0.29) is 11.7 Å². The molecule has 0 unspecified atom stereocenters. The van der Waals surface area contributed by atoms with Crippen LogP contribution >= 0.6 is 11.8 Å². The summed E-state index contributed by atoms with van der Waals surface area (Å²) in [5.74, 6) is 0.308. The molecular formula is C20H20N4O2S. The Labute approximate surface area is 161 Å². The highest BCUT2D eigenvalue weighted by atomic mass is 32.2. The zero-order valence-electron chi connectivity index (χ0n) is 15.1. The minimum absolute atomic E-state index is 0.154. The van der Waals surface area contributed by atoms with Crippen molar-refractivity contribution in [2.45, 2.75) is 18.7 Å². The zero-order chi connectivity index (χ0) is 19.4. The number of nitrogens with one attached hydrogen (secondary N) is 1. The second-order valence-electron chi connectivity index (χ2n) is 6.01. The van der Waals surface area contributed by atoms with Gasteiger partial charge in [0.15, 0.2) is 0 Å². The molecule has 0 aliphatic heterocycles. The fraction of sp³-hybridized carbons (Fsp3) is 0.150. The van der Waals surface area contributed by atoms with Crippen LogP contribution in [0.15, 0.2) is 59.6 Å². The fourth-order valence-electron chi connectivity index (χ4n) is 2.87. The summed E-state index contributed by atoms with van der Waals surface area (Å²) in [5, 5.41) is 2.94. The van der Waals surface area contributed by atoms with Crippen LogP contribution in [-0.2, 0) is 4.79 Å². The third-order valence-corrected chi connectivity index (χ3v) is 5.16. The van der Waals surface area contributed by atoms with E-state index in [1.54, 1.807) is 12.3 Å². The van der Waals surface area contributed by atoms with Crippen molar-refractivity contribution in [3.05, 3.63) is 71.7 Å². The SMILES string of the molecule is Cc1cc(C(=O)Nc2ccccc2SCC(N)=O)c(C)n1-c1ccccn1. The molecule has 27 heavy (non-hydrogen) atoms. The number of hydrogen-bond donors (Lipinski definition) is 2. The first-order chi connectivity index (χ1) is 13.0. The summed E-state index contributed by atoms with van der Waals surface area (Å²) in [4.78, 5) is 29.1. The summed E-state index contributed by atoms with van der Waals surface area (Å²) in [5.41, 5.74) is 8.18. The molecule has 6 nitrogen and oxygen atoms in total. The molecule has 0 aliphatic rings. The van der Waals surface area contributed by atoms with Gasteiger partial charge in [-0.3, -0.25) is 9.59 Å². The summed E-state index contributed by atoms with van der Waals surface area (Å²) in [6.07, 6.45) is 1.72. The number of para-hydroxylation sites is 1. The van der Waals surface area contributed by atoms with Crippen molar-refractivity contribution in [1.29, 1.82) is 0 Å². The van der Waals surface area contributed by atoms with Crippen molar-refractivity contribution in [3.63, 3.8) is 0 Å². The molecule has 7 heteroatoms. The van der Waals surface area contributed by atoms with Crippen LogP contribution in [0.5, 0.6) is 0 Å². The van der Waals surface area contributed by atoms with Gasteiger partial charge in [0.25, 0.3) is 5.91 Å². The van der Waals surface area contributed by atoms with Crippen LogP contribution in [0.3, 0.4) is 0 Å². The summed E-state index contributed by atoms with van der Waals surface area (Å²) >= 11 is 1.30. The molecule has 3 N–H and O–H groups in total. The van der Waals surface area contributed by atoms with Crippen LogP contribution in [0.4, 0.5) is 5.69 Å². The minimum Gasteiger partial charge on any atom is -0.369 e. The summed E-state index contributed by atoms with van der Waals surface area (Å²) < 4.78 is 1.95. The van der Waals surface area contributed by atoms with E-state index in [0.717, 1.165) is 22.1 Å². The molecule has 0 saturated heterocycles. The number of aryl methyl sites for hydroxylation is 1. The Morgan fingerprint density at radius 2 is 1.89 bits per heavy atom. The third kappa shape index (κ3) is 4.20. The topological polar surface area (TPSA) is 90.0 Å². The molecule has 3 aromatic rings. The number of pyridine rings is 1. The average molecular weight is 380 g/mol. The summed E-state index contributed by atoms with van der Waals surface area (Å²) in [6, 6.07) is 14.8. The smallest absolute Gasteiger partial charge is 0.257 e. The van der Waals surface area contributed by atoms with E-state index in [0.29, 0.717) is 11.3 Å². The predicted octanol–water partition coefficient (Wildman–Crippen LogP) is 3.32. The highest BCUT2D eigenvalue weighted by molar-refractivity contribution is 8.00. The zero-order valence-corrected chi connectivity index (χ0v) is 15.9. The van der Waals surface area contributed by atoms with Crippen molar-refractivity contribution < 1.29 is 9.59 Å². The number of carbonyl (C=O) groups excluding carboxylic acids is 2. The third-order valence-electron chi connectivity index (χ3n) is 4.06. The predicted molar refractivity (Wildman–Crippen MR) is 107 cm³/mol. The summed E-state index contributed by atoms with van der Waals surface area (Å²) in [6.45, 7) is 3.83. The maximum absolute atomic E-state index is 12.9. The lowest BCUT2D eigenvalue weighted by Crippen LogP contribution is -2.15. The lowest BCUT2D eigenvalue weighted by atomic mass is 10.2. The number of aromatic nitrogens is 2. The molecule has 138 valence electrons. The lowest BCUT2D eigenvalue weighted by Gasteiger charge is -2.11. The fourth-order valence-corrected chi connectivity index (χ4v) is 3.61. The van der Waals surface area contributed by atoms with Crippen LogP contribution in [0.2, 0.25) is 0 Å². The van der Waals surface area contributed by atoms with E-state index in [1.807, 2.05) is 60.9 Å². The molecule has 0 spiro atoms. The van der Waals surface area contributed by atoms with Crippen LogP contribution in [0.25, 0.3) is 5.82 Å². The minimum atomic E-state index is -0.403. The molecule has 0 fully saturated rings. The van der Waals surface area contributed by atoms with Crippen molar-refractivity contribution in [3.8, 4) is 5.82 Å². The number of amides is 2. The van der Waals surface area contributed by atoms with Crippen molar-refractivity contribution in [2.24, 2.45) is 5.73 Å². The Balaban J connectivity index is 1.87. The number of thioether (sulfide) groups is 1. The van der Waals surface area contributed by atoms with Gasteiger partial charge < -0.3 is 15.6 Å². The van der Waals surface area contributed by atoms with Crippen LogP contribution in [0.1, 0.15) is 21.7 Å². The highest BCUT2D eigenvalue weighted by Gasteiger charge is 2.18. The van der Waals surface area contributed by atoms with Gasteiger partial charge in [0.1, 0.15) is 5.82 Å². The second-order valence-corrected chi connectivity index (χ2v) is 7.03. The Kier molecular flexibility index (Phi) is 5.61. The van der Waals surface area contributed by atoms with Gasteiger partial charge in [0.05, 0.1) is 17.0 Å². The standard InChI is InChI=1S/C20H20N4O2S/c1-13-11-15(14(2)24(13)19-9-5-6-10-22-19)20(26)23-16-7-3-4-8-17(16)27-12-18(21)25/h3-11H,12H2,1-2H3,(H2,21,25)(H,23,26). The Morgan fingerprint density at radius 1 is 1.15 bits per heavy atom. The van der Waals surface area contributed by atoms with Crippen molar-refractivity contribution in [1.82, 2.24) is 9.55 Å². The molecule has 2 amide bonds. The number of carbonyl (C=O) groups is 2. The van der Waals surface area contributed by atoms with Crippen LogP contribution < -0.4 is 11.1 Å². The first kappa shape index (κ1) is 18.7. The van der Waals surface area contributed by atoms with Crippen LogP contribution in [0, 0.1) is 13.8 Å². The van der Waals surface area contributed by atoms with Gasteiger partial charge in [-0.25, -0.2) is 4.98 Å². The molecule has 0 radical (unpaired) electrons. The Morgan fingerprint density at radius 3 is 2.59 bits per heavy atom. The van der Waals surface area contributed by atoms with E-state index >= 15 is 0 Å². The number of rotatable bonds is 6. The Hall–Kier alpha value is -3.06. The van der Waals surface area contributed by atoms with Gasteiger partial charge in [-0.15, -0.1) is 11.8 Å². The molecule has 0 bridgehead atoms. The maximum atomic E-state index is 12.9. The highest BCUT2D eigenvalue weighted by Crippen LogP contribution is 2.28. The largest absolute Gasteiger partial charge is 0.369 e. The van der Waals surface area contributed by atoms with E-state index < -0.39 is 5.91 Å². The number of benzene rings is 1. The van der Waals surface area contributed by atoms with E-state index in [4.69, 9.17) is 5.73 Å². The van der Waals surface area contributed by atoms with Crippen molar-refractivity contribution >= 4 is 29.3 Å². The lowest BCUT2D eigenvalue weighted by molar-refractivity contribution is -0.115. The van der Waals surface area contributed by atoms with Gasteiger partial charge in [0.2, 0.25) is 5.91 Å². The summed E-state index contributed by atoms with van der Waals surface area (Å²) in [7, 11) is 0. The number of nitrogens with zero attached hydrogens (tertiary/aromatic N) is 2. The quantitative estimate of drug-likeness (QED) is 0.642. The molecular weight excluding hydrogens is 360 g/mol. The Bertz CT molecular complexity index is 983. The molecule has 2 aromatic heterocycles. The molecule has 0 aliphatic carbocycles. The first-order valence-corrected chi connectivity index (χ1v) is 9.37. The molecule has 1 aromatic carbocycles. The van der Waals surface area contributed by atoms with E-state index in [9.17, 15) is 9.59 Å². The van der Waals surface area contributed by atoms with Gasteiger partial charge in [-0.2, -0.15) is 0 Å². The van der Waals surface area contributed by atoms with E-state index in [1.165, 1.54) is 11.8 Å². The monoisotopic (exact) mass is 380 g/mol. The molecule has 0 atom stereocenters. The maximum Gasteiger partial charge on any atom is 0.257 e. The van der Waals surface area contributed by atoms with Gasteiger partial charge in [-0.1, -0.05) is 18.2 Å². The van der Waals surface area contributed by atoms with Crippen LogP contribution in [-0.4, -0.2) is 27.1 Å². The molecule has 0 saturated carbocycles. The number of nitrogens with two attached hydrogens (primary N) is 1. The molecule has 3 rings (SSSR count). The van der Waals surface area contributed by atoms with Gasteiger partial charge in [0, 0.05) is 22.5 Å². The number of primary amides is 1. The normalized spacial score (nSPS) is 10.6. The van der Waals surface area contributed by atoms with Crippen molar-refractivity contribution in [2.75, 3.05) is 11.1 Å². The number of anilines is 1. The van der Waals surface area contributed by atoms with Gasteiger partial charge >= 0.3 is 0 Å².